The summed E-state index contributed by atoms with van der Waals surface area (Å²) in [5, 5.41) is 0. The molecule has 10 heteroatoms. The first-order valence-corrected chi connectivity index (χ1v) is 12.8. The summed E-state index contributed by atoms with van der Waals surface area (Å²) in [6, 6.07) is 6.50. The van der Waals surface area contributed by atoms with Crippen molar-refractivity contribution in [1.82, 2.24) is 4.90 Å². The predicted molar refractivity (Wildman–Crippen MR) is 118 cm³/mol. The fourth-order valence-electron chi connectivity index (χ4n) is 3.91. The molecule has 0 aliphatic carbocycles. The van der Waals surface area contributed by atoms with E-state index in [0.717, 1.165) is 24.9 Å². The molecule has 2 heterocycles. The van der Waals surface area contributed by atoms with Gasteiger partial charge in [-0.15, -0.1) is 0 Å². The van der Waals surface area contributed by atoms with Crippen LogP contribution in [0.3, 0.4) is 0 Å². The highest BCUT2D eigenvalue weighted by Gasteiger charge is 2.34. The number of benzene rings is 1. The fraction of sp³-hybridized carbons (Fsp3) is 0.591. The molecule has 1 aromatic rings. The number of anilines is 1. The van der Waals surface area contributed by atoms with Crippen LogP contribution in [0.25, 0.3) is 0 Å². The Kier molecular flexibility index (Phi) is 8.11. The average Bonchev–Trinajstić information content (AvgIpc) is 3.36. The molecule has 2 amide bonds. The number of esters is 1. The van der Waals surface area contributed by atoms with E-state index in [1.807, 2.05) is 6.92 Å². The summed E-state index contributed by atoms with van der Waals surface area (Å²) in [4.78, 5) is 39.7. The van der Waals surface area contributed by atoms with Gasteiger partial charge in [0.1, 0.15) is 5.75 Å². The number of unbranched alkanes of at least 4 members (excludes halogenated alkanes) is 1. The minimum Gasteiger partial charge on any atom is -0.482 e. The largest absolute Gasteiger partial charge is 0.482 e. The van der Waals surface area contributed by atoms with Crippen molar-refractivity contribution in [3.63, 3.8) is 0 Å². The highest BCUT2D eigenvalue weighted by molar-refractivity contribution is 7.91. The van der Waals surface area contributed by atoms with Crippen LogP contribution in [0.15, 0.2) is 24.3 Å². The number of carbonyl (C=O) groups is 3. The second-order valence-corrected chi connectivity index (χ2v) is 10.3. The third-order valence-corrected chi connectivity index (χ3v) is 7.41. The second-order valence-electron chi connectivity index (χ2n) is 8.09. The smallest absolute Gasteiger partial charge is 0.344 e. The molecule has 3 rings (SSSR count). The Balaban J connectivity index is 1.45. The van der Waals surface area contributed by atoms with E-state index in [9.17, 15) is 22.8 Å². The van der Waals surface area contributed by atoms with Crippen molar-refractivity contribution < 1.29 is 32.3 Å². The SMILES string of the molecule is CCCCN(C(=O)COC(=O)COc1ccc(N2CCCC2=O)cc1)C1CCS(=O)(=O)C1. The van der Waals surface area contributed by atoms with E-state index in [2.05, 4.69) is 0 Å². The second kappa shape index (κ2) is 10.8. The van der Waals surface area contributed by atoms with E-state index in [1.165, 1.54) is 4.90 Å². The summed E-state index contributed by atoms with van der Waals surface area (Å²) < 4.78 is 34.0. The zero-order valence-electron chi connectivity index (χ0n) is 18.3. The lowest BCUT2D eigenvalue weighted by molar-refractivity contribution is -0.154. The summed E-state index contributed by atoms with van der Waals surface area (Å²) in [7, 11) is -3.12. The molecule has 9 nitrogen and oxygen atoms in total. The lowest BCUT2D eigenvalue weighted by atomic mass is 10.2. The van der Waals surface area contributed by atoms with Gasteiger partial charge in [0.25, 0.3) is 5.91 Å². The molecule has 0 bridgehead atoms. The molecular weight excluding hydrogens is 436 g/mol. The van der Waals surface area contributed by atoms with Crippen molar-refractivity contribution in [1.29, 1.82) is 0 Å². The van der Waals surface area contributed by atoms with Gasteiger partial charge in [0.15, 0.2) is 23.1 Å². The van der Waals surface area contributed by atoms with Crippen LogP contribution in [0.1, 0.15) is 39.0 Å². The molecule has 1 unspecified atom stereocenters. The van der Waals surface area contributed by atoms with Gasteiger partial charge in [-0.25, -0.2) is 13.2 Å². The Morgan fingerprint density at radius 2 is 1.94 bits per heavy atom. The van der Waals surface area contributed by atoms with Crippen molar-refractivity contribution >= 4 is 33.3 Å². The third-order valence-electron chi connectivity index (χ3n) is 5.66. The number of amides is 2. The van der Waals surface area contributed by atoms with E-state index < -0.39 is 28.3 Å². The monoisotopic (exact) mass is 466 g/mol. The molecule has 0 spiro atoms. The number of hydrogen-bond acceptors (Lipinski definition) is 7. The van der Waals surface area contributed by atoms with Gasteiger partial charge in [0.05, 0.1) is 11.5 Å². The summed E-state index contributed by atoms with van der Waals surface area (Å²) in [5.41, 5.74) is 0.786. The van der Waals surface area contributed by atoms with E-state index in [4.69, 9.17) is 9.47 Å². The molecule has 176 valence electrons. The van der Waals surface area contributed by atoms with E-state index in [0.29, 0.717) is 31.7 Å². The number of nitrogens with zero attached hydrogens (tertiary/aromatic N) is 2. The van der Waals surface area contributed by atoms with Gasteiger partial charge in [-0.1, -0.05) is 13.3 Å². The first-order valence-electron chi connectivity index (χ1n) is 11.0. The van der Waals surface area contributed by atoms with Crippen LogP contribution in [0.2, 0.25) is 0 Å². The zero-order valence-corrected chi connectivity index (χ0v) is 19.1. The van der Waals surface area contributed by atoms with Crippen molar-refractivity contribution in [3.8, 4) is 5.75 Å². The van der Waals surface area contributed by atoms with Crippen molar-refractivity contribution in [2.24, 2.45) is 0 Å². The van der Waals surface area contributed by atoms with Crippen LogP contribution in [-0.2, 0) is 29.0 Å². The third kappa shape index (κ3) is 6.44. The molecule has 2 aliphatic heterocycles. The topological polar surface area (TPSA) is 110 Å². The van der Waals surface area contributed by atoms with Crippen LogP contribution in [0.4, 0.5) is 5.69 Å². The summed E-state index contributed by atoms with van der Waals surface area (Å²) in [6.45, 7) is 2.32. The summed E-state index contributed by atoms with van der Waals surface area (Å²) in [5.74, 6) is -0.510. The summed E-state index contributed by atoms with van der Waals surface area (Å²) in [6.07, 6.45) is 3.41. The molecule has 0 aromatic heterocycles. The van der Waals surface area contributed by atoms with Crippen LogP contribution >= 0.6 is 0 Å². The molecule has 0 saturated carbocycles. The predicted octanol–water partition coefficient (Wildman–Crippen LogP) is 1.55. The maximum absolute atomic E-state index is 12.6. The highest BCUT2D eigenvalue weighted by atomic mass is 32.2. The van der Waals surface area contributed by atoms with E-state index in [-0.39, 0.29) is 30.1 Å². The highest BCUT2D eigenvalue weighted by Crippen LogP contribution is 2.24. The zero-order chi connectivity index (χ0) is 23.1. The van der Waals surface area contributed by atoms with Gasteiger partial charge in [-0.3, -0.25) is 9.59 Å². The Hall–Kier alpha value is -2.62. The Labute approximate surface area is 188 Å². The lowest BCUT2D eigenvalue weighted by Gasteiger charge is -2.28. The molecule has 2 aliphatic rings. The molecule has 32 heavy (non-hydrogen) atoms. The lowest BCUT2D eigenvalue weighted by Crippen LogP contribution is -2.44. The average molecular weight is 467 g/mol. The van der Waals surface area contributed by atoms with Gasteiger partial charge in [0, 0.05) is 31.2 Å². The molecule has 1 atom stereocenters. The van der Waals surface area contributed by atoms with Crippen molar-refractivity contribution in [3.05, 3.63) is 24.3 Å². The maximum atomic E-state index is 12.6. The summed E-state index contributed by atoms with van der Waals surface area (Å²) >= 11 is 0. The number of carbonyl (C=O) groups excluding carboxylic acids is 3. The first kappa shape index (κ1) is 24.0. The van der Waals surface area contributed by atoms with Gasteiger partial charge in [-0.05, 0) is 43.5 Å². The minimum absolute atomic E-state index is 0.0431. The van der Waals surface area contributed by atoms with Crippen LogP contribution in [0, 0.1) is 0 Å². The minimum atomic E-state index is -3.12. The van der Waals surface area contributed by atoms with Gasteiger partial charge >= 0.3 is 5.97 Å². The first-order chi connectivity index (χ1) is 15.3. The standard InChI is InChI=1S/C22H30N2O7S/c1-2-3-11-24(18-10-13-32(28,29)16-18)21(26)14-31-22(27)15-30-19-8-6-17(7-9-19)23-12-4-5-20(23)25/h6-9,18H,2-5,10-16H2,1H3. The molecule has 1 aromatic carbocycles. The number of ether oxygens (including phenoxy) is 2. The normalized spacial score (nSPS) is 19.7. The van der Waals surface area contributed by atoms with Crippen LogP contribution in [-0.4, -0.2) is 75.0 Å². The van der Waals surface area contributed by atoms with E-state index in [1.54, 1.807) is 29.2 Å². The molecule has 0 N–H and O–H groups in total. The Bertz CT molecular complexity index is 930. The molecule has 2 saturated heterocycles. The van der Waals surface area contributed by atoms with Crippen LogP contribution in [0.5, 0.6) is 5.75 Å². The van der Waals surface area contributed by atoms with Crippen molar-refractivity contribution in [2.75, 3.05) is 42.7 Å². The van der Waals surface area contributed by atoms with Gasteiger partial charge < -0.3 is 19.3 Å². The Morgan fingerprint density at radius 1 is 1.19 bits per heavy atom. The van der Waals surface area contributed by atoms with E-state index >= 15 is 0 Å². The fourth-order valence-corrected chi connectivity index (χ4v) is 5.64. The molecule has 0 radical (unpaired) electrons. The number of hydrogen-bond donors (Lipinski definition) is 0. The van der Waals surface area contributed by atoms with Gasteiger partial charge in [0.2, 0.25) is 5.91 Å². The molecular formula is C22H30N2O7S. The number of rotatable bonds is 10. The quantitative estimate of drug-likeness (QED) is 0.481. The Morgan fingerprint density at radius 3 is 2.53 bits per heavy atom. The molecule has 2 fully saturated rings. The maximum Gasteiger partial charge on any atom is 0.344 e. The van der Waals surface area contributed by atoms with Gasteiger partial charge in [-0.2, -0.15) is 0 Å². The van der Waals surface area contributed by atoms with Crippen molar-refractivity contribution in [2.45, 2.75) is 45.1 Å². The number of sulfone groups is 1. The van der Waals surface area contributed by atoms with Crippen LogP contribution < -0.4 is 9.64 Å².